The summed E-state index contributed by atoms with van der Waals surface area (Å²) in [6, 6.07) is 8.84. The standard InChI is InChI=1S/C17H17Cl2N3O2S/c1-9-13(18)8-14(16(24-3)15(9)19)22-17(25)21-12-6-4-11(5-7-12)20-10(2)23/h4-8H,1-3H3,(H,20,23)(H2,21,22,25). The summed E-state index contributed by atoms with van der Waals surface area (Å²) >= 11 is 17.7. The van der Waals surface area contributed by atoms with E-state index in [0.717, 1.165) is 11.3 Å². The number of ether oxygens (including phenoxy) is 1. The molecule has 0 bridgehead atoms. The zero-order valence-electron chi connectivity index (χ0n) is 13.9. The van der Waals surface area contributed by atoms with E-state index in [1.165, 1.54) is 14.0 Å². The van der Waals surface area contributed by atoms with Crippen LogP contribution in [0, 0.1) is 6.92 Å². The first-order chi connectivity index (χ1) is 11.8. The third-order valence-electron chi connectivity index (χ3n) is 3.32. The van der Waals surface area contributed by atoms with Crippen LogP contribution in [0.4, 0.5) is 17.1 Å². The number of amides is 1. The van der Waals surface area contributed by atoms with Gasteiger partial charge in [0.15, 0.2) is 10.9 Å². The number of anilines is 3. The Kier molecular flexibility index (Phi) is 6.47. The van der Waals surface area contributed by atoms with Gasteiger partial charge in [-0.1, -0.05) is 23.2 Å². The molecule has 2 aromatic rings. The average molecular weight is 398 g/mol. The lowest BCUT2D eigenvalue weighted by Crippen LogP contribution is -2.19. The van der Waals surface area contributed by atoms with Gasteiger partial charge in [-0.05, 0) is 55.0 Å². The third-order valence-corrected chi connectivity index (χ3v) is 4.37. The highest BCUT2D eigenvalue weighted by Gasteiger charge is 2.15. The Labute approximate surface area is 161 Å². The van der Waals surface area contributed by atoms with Crippen LogP contribution in [0.2, 0.25) is 10.0 Å². The van der Waals surface area contributed by atoms with Crippen LogP contribution < -0.4 is 20.7 Å². The lowest BCUT2D eigenvalue weighted by atomic mass is 10.2. The SMILES string of the molecule is COc1c(NC(=S)Nc2ccc(NC(C)=O)cc2)cc(Cl)c(C)c1Cl. The third kappa shape index (κ3) is 4.98. The number of methoxy groups -OCH3 is 1. The Hall–Kier alpha value is -2.02. The van der Waals surface area contributed by atoms with Gasteiger partial charge in [0.25, 0.3) is 0 Å². The molecule has 0 spiro atoms. The van der Waals surface area contributed by atoms with E-state index in [-0.39, 0.29) is 5.91 Å². The number of thiocarbonyl (C=S) groups is 1. The second-order valence-corrected chi connectivity index (χ2v) is 6.41. The molecule has 0 atom stereocenters. The van der Waals surface area contributed by atoms with E-state index in [1.807, 2.05) is 6.92 Å². The van der Waals surface area contributed by atoms with E-state index >= 15 is 0 Å². The number of benzene rings is 2. The van der Waals surface area contributed by atoms with Gasteiger partial charge < -0.3 is 20.7 Å². The molecule has 2 aromatic carbocycles. The highest BCUT2D eigenvalue weighted by molar-refractivity contribution is 7.80. The average Bonchev–Trinajstić information content (AvgIpc) is 2.54. The van der Waals surface area contributed by atoms with Crippen LogP contribution in [0.25, 0.3) is 0 Å². The van der Waals surface area contributed by atoms with Crippen molar-refractivity contribution in [2.24, 2.45) is 0 Å². The molecule has 25 heavy (non-hydrogen) atoms. The van der Waals surface area contributed by atoms with Gasteiger partial charge in [-0.15, -0.1) is 0 Å². The Balaban J connectivity index is 2.11. The van der Waals surface area contributed by atoms with Gasteiger partial charge in [0.1, 0.15) is 0 Å². The molecule has 0 heterocycles. The molecule has 1 amide bonds. The first-order valence-electron chi connectivity index (χ1n) is 7.30. The second-order valence-electron chi connectivity index (χ2n) is 5.22. The minimum Gasteiger partial charge on any atom is -0.493 e. The molecule has 0 unspecified atom stereocenters. The van der Waals surface area contributed by atoms with E-state index in [0.29, 0.717) is 32.3 Å². The van der Waals surface area contributed by atoms with Crippen LogP contribution in [0.1, 0.15) is 12.5 Å². The van der Waals surface area contributed by atoms with Crippen LogP contribution in [-0.4, -0.2) is 18.1 Å². The van der Waals surface area contributed by atoms with Crippen molar-refractivity contribution in [2.45, 2.75) is 13.8 Å². The Bertz CT molecular complexity index is 811. The van der Waals surface area contributed by atoms with Crippen molar-refractivity contribution >= 4 is 63.5 Å². The fraction of sp³-hybridized carbons (Fsp3) is 0.176. The highest BCUT2D eigenvalue weighted by atomic mass is 35.5. The summed E-state index contributed by atoms with van der Waals surface area (Å²) in [5, 5.41) is 10.1. The fourth-order valence-electron chi connectivity index (χ4n) is 2.11. The van der Waals surface area contributed by atoms with Crippen LogP contribution in [0.3, 0.4) is 0 Å². The monoisotopic (exact) mass is 397 g/mol. The Morgan fingerprint density at radius 1 is 1.08 bits per heavy atom. The van der Waals surface area contributed by atoms with Gasteiger partial charge in [-0.25, -0.2) is 0 Å². The van der Waals surface area contributed by atoms with Gasteiger partial charge in [-0.2, -0.15) is 0 Å². The number of carbonyl (C=O) groups excluding carboxylic acids is 1. The summed E-state index contributed by atoms with van der Waals surface area (Å²) in [6.45, 7) is 3.26. The van der Waals surface area contributed by atoms with Crippen molar-refractivity contribution in [1.82, 2.24) is 0 Å². The van der Waals surface area contributed by atoms with Crippen molar-refractivity contribution < 1.29 is 9.53 Å². The maximum absolute atomic E-state index is 11.0. The molecule has 0 fully saturated rings. The zero-order valence-corrected chi connectivity index (χ0v) is 16.2. The molecule has 8 heteroatoms. The van der Waals surface area contributed by atoms with E-state index < -0.39 is 0 Å². The molecule has 0 radical (unpaired) electrons. The number of carbonyl (C=O) groups is 1. The van der Waals surface area contributed by atoms with Crippen molar-refractivity contribution in [3.63, 3.8) is 0 Å². The smallest absolute Gasteiger partial charge is 0.221 e. The van der Waals surface area contributed by atoms with Crippen LogP contribution in [0.15, 0.2) is 30.3 Å². The maximum atomic E-state index is 11.0. The minimum absolute atomic E-state index is 0.127. The molecule has 5 nitrogen and oxygen atoms in total. The molecule has 0 aliphatic rings. The number of hydrogen-bond acceptors (Lipinski definition) is 3. The van der Waals surface area contributed by atoms with Gasteiger partial charge in [0.2, 0.25) is 5.91 Å². The molecule has 0 aliphatic carbocycles. The maximum Gasteiger partial charge on any atom is 0.221 e. The first-order valence-corrected chi connectivity index (χ1v) is 8.46. The fourth-order valence-corrected chi connectivity index (χ4v) is 2.87. The normalized spacial score (nSPS) is 10.1. The minimum atomic E-state index is -0.127. The lowest BCUT2D eigenvalue weighted by molar-refractivity contribution is -0.114. The zero-order chi connectivity index (χ0) is 18.6. The predicted octanol–water partition coefficient (Wildman–Crippen LogP) is 5.08. The first kappa shape index (κ1) is 19.3. The number of nitrogens with one attached hydrogen (secondary N) is 3. The number of rotatable bonds is 4. The van der Waals surface area contributed by atoms with Crippen molar-refractivity contribution in [3.8, 4) is 5.75 Å². The molecule has 3 N–H and O–H groups in total. The van der Waals surface area contributed by atoms with E-state index in [4.69, 9.17) is 40.2 Å². The Morgan fingerprint density at radius 2 is 1.64 bits per heavy atom. The molecular weight excluding hydrogens is 381 g/mol. The highest BCUT2D eigenvalue weighted by Crippen LogP contribution is 2.39. The quantitative estimate of drug-likeness (QED) is 0.627. The van der Waals surface area contributed by atoms with Gasteiger partial charge in [0.05, 0.1) is 17.8 Å². The molecule has 0 saturated carbocycles. The summed E-state index contributed by atoms with van der Waals surface area (Å²) in [4.78, 5) is 11.0. The molecule has 0 saturated heterocycles. The Morgan fingerprint density at radius 3 is 2.16 bits per heavy atom. The summed E-state index contributed by atoms with van der Waals surface area (Å²) < 4.78 is 5.34. The van der Waals surface area contributed by atoms with Gasteiger partial charge in [0, 0.05) is 23.3 Å². The van der Waals surface area contributed by atoms with E-state index in [9.17, 15) is 4.79 Å². The number of halogens is 2. The van der Waals surface area contributed by atoms with E-state index in [2.05, 4.69) is 16.0 Å². The van der Waals surface area contributed by atoms with E-state index in [1.54, 1.807) is 30.3 Å². The van der Waals surface area contributed by atoms with Crippen molar-refractivity contribution in [2.75, 3.05) is 23.1 Å². The topological polar surface area (TPSA) is 62.4 Å². The van der Waals surface area contributed by atoms with Gasteiger partial charge in [-0.3, -0.25) is 4.79 Å². The summed E-state index contributed by atoms with van der Waals surface area (Å²) in [5.41, 5.74) is 2.76. The van der Waals surface area contributed by atoms with Crippen LogP contribution in [-0.2, 0) is 4.79 Å². The summed E-state index contributed by atoms with van der Waals surface area (Å²) in [6.07, 6.45) is 0. The summed E-state index contributed by atoms with van der Waals surface area (Å²) in [5.74, 6) is 0.340. The largest absolute Gasteiger partial charge is 0.493 e. The van der Waals surface area contributed by atoms with Crippen molar-refractivity contribution in [3.05, 3.63) is 45.9 Å². The molecule has 0 aromatic heterocycles. The lowest BCUT2D eigenvalue weighted by Gasteiger charge is -2.16. The van der Waals surface area contributed by atoms with Crippen LogP contribution >= 0.6 is 35.4 Å². The summed E-state index contributed by atoms with van der Waals surface area (Å²) in [7, 11) is 1.52. The predicted molar refractivity (Wildman–Crippen MR) is 108 cm³/mol. The number of hydrogen-bond donors (Lipinski definition) is 3. The second kappa shape index (κ2) is 8.38. The van der Waals surface area contributed by atoms with Crippen LogP contribution in [0.5, 0.6) is 5.75 Å². The molecule has 2 rings (SSSR count). The van der Waals surface area contributed by atoms with Gasteiger partial charge >= 0.3 is 0 Å². The molecule has 132 valence electrons. The van der Waals surface area contributed by atoms with Crippen molar-refractivity contribution in [1.29, 1.82) is 0 Å². The molecule has 0 aliphatic heterocycles. The molecular formula is C17H17Cl2N3O2S.